The summed E-state index contributed by atoms with van der Waals surface area (Å²) < 4.78 is 16.5. The number of rotatable bonds is 2. The van der Waals surface area contributed by atoms with Gasteiger partial charge in [0.1, 0.15) is 13.2 Å². The highest BCUT2D eigenvalue weighted by Gasteiger charge is 2.25. The number of ether oxygens (including phenoxy) is 3. The van der Waals surface area contributed by atoms with E-state index in [1.807, 2.05) is 60.7 Å². The second kappa shape index (κ2) is 6.29. The van der Waals surface area contributed by atoms with E-state index in [0.717, 1.165) is 21.9 Å². The van der Waals surface area contributed by atoms with E-state index in [0.29, 0.717) is 30.6 Å². The monoisotopic (exact) mass is 357 g/mol. The Hall–Kier alpha value is -3.60. The molecule has 0 atom stereocenters. The molecule has 0 saturated heterocycles. The van der Waals surface area contributed by atoms with Gasteiger partial charge in [0.25, 0.3) is 0 Å². The van der Waals surface area contributed by atoms with Crippen LogP contribution in [-0.4, -0.2) is 25.1 Å². The van der Waals surface area contributed by atoms with Crippen LogP contribution in [0.1, 0.15) is 11.1 Å². The molecule has 0 N–H and O–H groups in total. The summed E-state index contributed by atoms with van der Waals surface area (Å²) in [5.74, 6) is 1.23. The lowest BCUT2D eigenvalue weighted by Gasteiger charge is -2.18. The van der Waals surface area contributed by atoms with Crippen LogP contribution in [0.4, 0.5) is 0 Å². The molecule has 2 heterocycles. The lowest BCUT2D eigenvalue weighted by molar-refractivity contribution is -0.129. The largest absolute Gasteiger partial charge is 0.486 e. The van der Waals surface area contributed by atoms with Gasteiger partial charge in [-0.2, -0.15) is 0 Å². The Morgan fingerprint density at radius 3 is 2.63 bits per heavy atom. The normalized spacial score (nSPS) is 17.1. The highest BCUT2D eigenvalue weighted by molar-refractivity contribution is 6.17. The van der Waals surface area contributed by atoms with Crippen molar-refractivity contribution >= 4 is 28.7 Å². The van der Waals surface area contributed by atoms with Crippen molar-refractivity contribution < 1.29 is 19.0 Å². The van der Waals surface area contributed by atoms with Gasteiger partial charge in [0.15, 0.2) is 17.2 Å². The van der Waals surface area contributed by atoms with Gasteiger partial charge in [0, 0.05) is 5.56 Å². The molecule has 0 radical (unpaired) electrons. The Morgan fingerprint density at radius 2 is 1.70 bits per heavy atom. The van der Waals surface area contributed by atoms with Crippen molar-refractivity contribution in [2.45, 2.75) is 0 Å². The van der Waals surface area contributed by atoms with Gasteiger partial charge in [0.2, 0.25) is 5.90 Å². The number of aliphatic imine (C=N–C) groups is 1. The second-order valence-corrected chi connectivity index (χ2v) is 6.27. The zero-order chi connectivity index (χ0) is 18.2. The predicted molar refractivity (Wildman–Crippen MR) is 102 cm³/mol. The first-order valence-electron chi connectivity index (χ1n) is 8.68. The Kier molecular flexibility index (Phi) is 3.64. The molecule has 0 saturated carbocycles. The van der Waals surface area contributed by atoms with Gasteiger partial charge in [-0.05, 0) is 40.6 Å². The molecule has 5 heteroatoms. The number of esters is 1. The molecule has 0 spiro atoms. The topological polar surface area (TPSA) is 57.1 Å². The Balaban J connectivity index is 1.53. The molecule has 5 nitrogen and oxygen atoms in total. The smallest absolute Gasteiger partial charge is 0.363 e. The highest BCUT2D eigenvalue weighted by Crippen LogP contribution is 2.32. The number of cyclic esters (lactones) is 1. The molecule has 3 aromatic rings. The number of hydrogen-bond acceptors (Lipinski definition) is 5. The van der Waals surface area contributed by atoms with E-state index in [1.165, 1.54) is 0 Å². The fourth-order valence-electron chi connectivity index (χ4n) is 3.24. The van der Waals surface area contributed by atoms with Gasteiger partial charge < -0.3 is 14.2 Å². The third kappa shape index (κ3) is 2.83. The van der Waals surface area contributed by atoms with E-state index in [9.17, 15) is 4.79 Å². The highest BCUT2D eigenvalue weighted by atomic mass is 16.6. The van der Waals surface area contributed by atoms with E-state index >= 15 is 0 Å². The molecule has 0 amide bonds. The first-order valence-corrected chi connectivity index (χ1v) is 8.68. The number of benzene rings is 3. The number of fused-ring (bicyclic) bond motifs is 2. The quantitative estimate of drug-likeness (QED) is 0.515. The van der Waals surface area contributed by atoms with E-state index in [2.05, 4.69) is 4.99 Å². The van der Waals surface area contributed by atoms with Gasteiger partial charge in [-0.3, -0.25) is 0 Å². The van der Waals surface area contributed by atoms with E-state index in [-0.39, 0.29) is 5.70 Å². The molecule has 0 fully saturated rings. The summed E-state index contributed by atoms with van der Waals surface area (Å²) in [6, 6.07) is 19.3. The predicted octanol–water partition coefficient (Wildman–Crippen LogP) is 3.96. The molecule has 0 aromatic heterocycles. The van der Waals surface area contributed by atoms with Crippen LogP contribution >= 0.6 is 0 Å². The zero-order valence-electron chi connectivity index (χ0n) is 14.3. The number of carbonyl (C=O) groups excluding carboxylic acids is 1. The molecule has 0 bridgehead atoms. The minimum atomic E-state index is -0.465. The third-order valence-electron chi connectivity index (χ3n) is 4.51. The number of carbonyl (C=O) groups is 1. The van der Waals surface area contributed by atoms with Crippen LogP contribution in [0.5, 0.6) is 11.5 Å². The van der Waals surface area contributed by atoms with Crippen molar-refractivity contribution in [3.63, 3.8) is 0 Å². The van der Waals surface area contributed by atoms with Crippen molar-refractivity contribution in [2.75, 3.05) is 13.2 Å². The lowest BCUT2D eigenvalue weighted by Crippen LogP contribution is -2.15. The molecule has 5 rings (SSSR count). The molecule has 0 aliphatic carbocycles. The van der Waals surface area contributed by atoms with Gasteiger partial charge in [-0.25, -0.2) is 9.79 Å². The minimum absolute atomic E-state index is 0.259. The van der Waals surface area contributed by atoms with Crippen LogP contribution in [-0.2, 0) is 9.53 Å². The van der Waals surface area contributed by atoms with Gasteiger partial charge in [-0.15, -0.1) is 0 Å². The standard InChI is InChI=1S/C22H15NO4/c24-22-18(12-14-8-9-19-20(13-14)26-11-10-25-19)23-21(27-22)17-7-3-5-15-4-1-2-6-16(15)17/h1-9,12-13H,10-11H2/b18-12-. The second-order valence-electron chi connectivity index (χ2n) is 6.27. The number of hydrogen-bond donors (Lipinski definition) is 0. The average Bonchev–Trinajstić information content (AvgIpc) is 3.07. The van der Waals surface area contributed by atoms with E-state index in [1.54, 1.807) is 6.08 Å². The average molecular weight is 357 g/mol. The summed E-state index contributed by atoms with van der Waals surface area (Å²) in [4.78, 5) is 16.8. The molecule has 132 valence electrons. The minimum Gasteiger partial charge on any atom is -0.486 e. The summed E-state index contributed by atoms with van der Waals surface area (Å²) in [6.07, 6.45) is 1.69. The van der Waals surface area contributed by atoms with Crippen molar-refractivity contribution in [1.29, 1.82) is 0 Å². The van der Waals surface area contributed by atoms with E-state index in [4.69, 9.17) is 14.2 Å². The summed E-state index contributed by atoms with van der Waals surface area (Å²) >= 11 is 0. The van der Waals surface area contributed by atoms with Gasteiger partial charge in [-0.1, -0.05) is 42.5 Å². The van der Waals surface area contributed by atoms with Crippen molar-refractivity contribution in [1.82, 2.24) is 0 Å². The fraction of sp³-hybridized carbons (Fsp3) is 0.0909. The maximum Gasteiger partial charge on any atom is 0.363 e. The molecule has 2 aliphatic rings. The summed E-state index contributed by atoms with van der Waals surface area (Å²) in [5.41, 5.74) is 1.86. The maximum atomic E-state index is 12.3. The molecule has 27 heavy (non-hydrogen) atoms. The van der Waals surface area contributed by atoms with Crippen LogP contribution in [0.3, 0.4) is 0 Å². The Labute approximate surface area is 155 Å². The van der Waals surface area contributed by atoms with Crippen LogP contribution < -0.4 is 9.47 Å². The third-order valence-corrected chi connectivity index (χ3v) is 4.51. The Bertz CT molecular complexity index is 1120. The summed E-state index contributed by atoms with van der Waals surface area (Å²) in [5, 5.41) is 2.06. The molecule has 0 unspecified atom stereocenters. The molecular weight excluding hydrogens is 342 g/mol. The van der Waals surface area contributed by atoms with Crippen LogP contribution in [0.25, 0.3) is 16.8 Å². The lowest BCUT2D eigenvalue weighted by atomic mass is 10.0. The summed E-state index contributed by atoms with van der Waals surface area (Å²) in [6.45, 7) is 1.05. The fourth-order valence-corrected chi connectivity index (χ4v) is 3.24. The first-order chi connectivity index (χ1) is 13.3. The SMILES string of the molecule is O=C1OC(c2cccc3ccccc23)=N/C1=C\c1ccc2c(c1)OCCO2. The molecule has 2 aliphatic heterocycles. The van der Waals surface area contributed by atoms with Crippen LogP contribution in [0, 0.1) is 0 Å². The maximum absolute atomic E-state index is 12.3. The van der Waals surface area contributed by atoms with E-state index < -0.39 is 5.97 Å². The van der Waals surface area contributed by atoms with Crippen molar-refractivity contribution in [3.05, 3.63) is 77.5 Å². The van der Waals surface area contributed by atoms with Crippen LogP contribution in [0.15, 0.2) is 71.4 Å². The number of nitrogens with zero attached hydrogens (tertiary/aromatic N) is 1. The van der Waals surface area contributed by atoms with Crippen molar-refractivity contribution in [2.24, 2.45) is 4.99 Å². The molecule has 3 aromatic carbocycles. The summed E-state index contributed by atoms with van der Waals surface area (Å²) in [7, 11) is 0. The zero-order valence-corrected chi connectivity index (χ0v) is 14.3. The van der Waals surface area contributed by atoms with Gasteiger partial charge >= 0.3 is 5.97 Å². The molecular formula is C22H15NO4. The van der Waals surface area contributed by atoms with Crippen LogP contribution in [0.2, 0.25) is 0 Å². The van der Waals surface area contributed by atoms with Crippen molar-refractivity contribution in [3.8, 4) is 11.5 Å². The first kappa shape index (κ1) is 15.6. The Morgan fingerprint density at radius 1 is 0.889 bits per heavy atom. The van der Waals surface area contributed by atoms with Gasteiger partial charge in [0.05, 0.1) is 0 Å².